The van der Waals surface area contributed by atoms with Gasteiger partial charge in [0.05, 0.1) is 12.0 Å². The number of carbonyl (C=O) groups excluding carboxylic acids is 1. The van der Waals surface area contributed by atoms with Crippen LogP contribution in [0.4, 0.5) is 10.1 Å². The maximum atomic E-state index is 13.0. The third kappa shape index (κ3) is 3.92. The predicted molar refractivity (Wildman–Crippen MR) is 92.0 cm³/mol. The summed E-state index contributed by atoms with van der Waals surface area (Å²) < 4.78 is 13.0. The summed E-state index contributed by atoms with van der Waals surface area (Å²) in [4.78, 5) is 29.7. The van der Waals surface area contributed by atoms with Crippen molar-refractivity contribution in [3.05, 3.63) is 30.1 Å². The number of aliphatic carboxylic acids is 1. The Balaban J connectivity index is 1.53. The molecule has 0 aliphatic carbocycles. The fourth-order valence-electron chi connectivity index (χ4n) is 3.60. The van der Waals surface area contributed by atoms with E-state index in [9.17, 15) is 14.0 Å². The maximum Gasteiger partial charge on any atom is 0.308 e. The molecule has 1 N–H and O–H groups in total. The highest BCUT2D eigenvalue weighted by Gasteiger charge is 2.35. The minimum absolute atomic E-state index is 0.0129. The van der Waals surface area contributed by atoms with E-state index in [-0.39, 0.29) is 17.8 Å². The van der Waals surface area contributed by atoms with Crippen LogP contribution in [0, 0.1) is 11.7 Å². The number of carboxylic acid groups (broad SMARTS) is 1. The van der Waals surface area contributed by atoms with Gasteiger partial charge >= 0.3 is 5.97 Å². The van der Waals surface area contributed by atoms with Crippen LogP contribution < -0.4 is 4.90 Å². The van der Waals surface area contributed by atoms with Crippen molar-refractivity contribution in [2.45, 2.75) is 19.4 Å². The smallest absolute Gasteiger partial charge is 0.308 e. The number of amides is 1. The summed E-state index contributed by atoms with van der Waals surface area (Å²) in [5.41, 5.74) is 0.990. The van der Waals surface area contributed by atoms with Crippen LogP contribution in [0.3, 0.4) is 0 Å². The zero-order valence-corrected chi connectivity index (χ0v) is 14.4. The van der Waals surface area contributed by atoms with Gasteiger partial charge < -0.3 is 14.9 Å². The second kappa shape index (κ2) is 7.39. The summed E-state index contributed by atoms with van der Waals surface area (Å²) in [6, 6.07) is 6.22. The Labute approximate surface area is 146 Å². The van der Waals surface area contributed by atoms with E-state index in [0.29, 0.717) is 19.5 Å². The highest BCUT2D eigenvalue weighted by atomic mass is 19.1. The van der Waals surface area contributed by atoms with Gasteiger partial charge in [-0.2, -0.15) is 0 Å². The fraction of sp³-hybridized carbons (Fsp3) is 0.556. The molecule has 1 amide bonds. The quantitative estimate of drug-likeness (QED) is 0.887. The van der Waals surface area contributed by atoms with Crippen molar-refractivity contribution < 1.29 is 19.1 Å². The molecule has 0 bridgehead atoms. The van der Waals surface area contributed by atoms with Gasteiger partial charge in [0.1, 0.15) is 5.82 Å². The Bertz CT molecular complexity index is 629. The Morgan fingerprint density at radius 2 is 1.76 bits per heavy atom. The van der Waals surface area contributed by atoms with Crippen molar-refractivity contribution in [3.63, 3.8) is 0 Å². The minimum Gasteiger partial charge on any atom is -0.481 e. The van der Waals surface area contributed by atoms with Crippen molar-refractivity contribution >= 4 is 17.6 Å². The SMILES string of the molecule is CC(C(=O)N1CCC(C(=O)O)C1)N1CCN(c2ccc(F)cc2)CC1. The van der Waals surface area contributed by atoms with E-state index >= 15 is 0 Å². The van der Waals surface area contributed by atoms with E-state index in [0.717, 1.165) is 31.9 Å². The molecule has 2 heterocycles. The van der Waals surface area contributed by atoms with Crippen LogP contribution in [-0.4, -0.2) is 72.1 Å². The number of piperazine rings is 1. The van der Waals surface area contributed by atoms with Gasteiger partial charge in [0, 0.05) is 45.0 Å². The van der Waals surface area contributed by atoms with E-state index in [2.05, 4.69) is 9.80 Å². The number of hydrogen-bond donors (Lipinski definition) is 1. The van der Waals surface area contributed by atoms with Crippen molar-refractivity contribution in [1.29, 1.82) is 0 Å². The molecule has 2 fully saturated rings. The average Bonchev–Trinajstić information content (AvgIpc) is 3.12. The first kappa shape index (κ1) is 17.7. The van der Waals surface area contributed by atoms with Crippen LogP contribution in [0.15, 0.2) is 24.3 Å². The third-order valence-electron chi connectivity index (χ3n) is 5.26. The van der Waals surface area contributed by atoms with Gasteiger partial charge in [-0.1, -0.05) is 0 Å². The zero-order valence-electron chi connectivity index (χ0n) is 14.4. The predicted octanol–water partition coefficient (Wildman–Crippen LogP) is 1.27. The van der Waals surface area contributed by atoms with E-state index in [1.165, 1.54) is 12.1 Å². The fourth-order valence-corrected chi connectivity index (χ4v) is 3.60. The minimum atomic E-state index is -0.823. The van der Waals surface area contributed by atoms with E-state index < -0.39 is 11.9 Å². The van der Waals surface area contributed by atoms with Gasteiger partial charge in [-0.05, 0) is 37.6 Å². The van der Waals surface area contributed by atoms with Crippen molar-refractivity contribution in [3.8, 4) is 0 Å². The van der Waals surface area contributed by atoms with E-state index in [1.807, 2.05) is 6.92 Å². The second-order valence-corrected chi connectivity index (χ2v) is 6.78. The molecule has 2 unspecified atom stereocenters. The normalized spacial score (nSPS) is 22.9. The van der Waals surface area contributed by atoms with Crippen LogP contribution in [0.1, 0.15) is 13.3 Å². The van der Waals surface area contributed by atoms with Crippen LogP contribution in [0.5, 0.6) is 0 Å². The highest BCUT2D eigenvalue weighted by molar-refractivity contribution is 5.83. The summed E-state index contributed by atoms with van der Waals surface area (Å²) in [5, 5.41) is 9.08. The number of carbonyl (C=O) groups is 2. The molecule has 2 saturated heterocycles. The maximum absolute atomic E-state index is 13.0. The first-order chi connectivity index (χ1) is 12.0. The van der Waals surface area contributed by atoms with Gasteiger partial charge in [-0.15, -0.1) is 0 Å². The van der Waals surface area contributed by atoms with Gasteiger partial charge in [-0.3, -0.25) is 14.5 Å². The number of likely N-dealkylation sites (tertiary alicyclic amines) is 1. The molecule has 0 spiro atoms. The molecular formula is C18H24FN3O3. The molecule has 0 aromatic heterocycles. The largest absolute Gasteiger partial charge is 0.481 e. The molecule has 7 heteroatoms. The van der Waals surface area contributed by atoms with E-state index in [4.69, 9.17) is 5.11 Å². The Hall–Kier alpha value is -2.15. The molecule has 3 rings (SSSR count). The molecule has 0 radical (unpaired) electrons. The number of carboxylic acids is 1. The summed E-state index contributed by atoms with van der Waals surface area (Å²) >= 11 is 0. The lowest BCUT2D eigenvalue weighted by Gasteiger charge is -2.39. The molecule has 1 aromatic rings. The Kier molecular flexibility index (Phi) is 5.22. The number of anilines is 1. The van der Waals surface area contributed by atoms with Crippen LogP contribution >= 0.6 is 0 Å². The summed E-state index contributed by atoms with van der Waals surface area (Å²) in [5.74, 6) is -1.49. The number of hydrogen-bond acceptors (Lipinski definition) is 4. The molecule has 0 saturated carbocycles. The van der Waals surface area contributed by atoms with Crippen LogP contribution in [0.25, 0.3) is 0 Å². The molecular weight excluding hydrogens is 325 g/mol. The zero-order chi connectivity index (χ0) is 18.0. The van der Waals surface area contributed by atoms with Crippen LogP contribution in [-0.2, 0) is 9.59 Å². The second-order valence-electron chi connectivity index (χ2n) is 6.78. The molecule has 6 nitrogen and oxygen atoms in total. The van der Waals surface area contributed by atoms with Gasteiger partial charge in [0.25, 0.3) is 0 Å². The standard InChI is InChI=1S/C18H24FN3O3/c1-13(17(23)22-7-6-14(12-22)18(24)25)20-8-10-21(11-9-20)16-4-2-15(19)3-5-16/h2-5,13-14H,6-12H2,1H3,(H,24,25). The van der Waals surface area contributed by atoms with Crippen LogP contribution in [0.2, 0.25) is 0 Å². The third-order valence-corrected chi connectivity index (χ3v) is 5.26. The highest BCUT2D eigenvalue weighted by Crippen LogP contribution is 2.21. The molecule has 1 aromatic carbocycles. The first-order valence-electron chi connectivity index (χ1n) is 8.72. The average molecular weight is 349 g/mol. The van der Waals surface area contributed by atoms with Crippen molar-refractivity contribution in [1.82, 2.24) is 9.80 Å². The lowest BCUT2D eigenvalue weighted by Crippen LogP contribution is -2.54. The summed E-state index contributed by atoms with van der Waals surface area (Å²) in [7, 11) is 0. The number of benzene rings is 1. The topological polar surface area (TPSA) is 64.1 Å². The molecule has 2 atom stereocenters. The molecule has 136 valence electrons. The monoisotopic (exact) mass is 349 g/mol. The number of halogens is 1. The van der Waals surface area contributed by atoms with Gasteiger partial charge in [0.15, 0.2) is 0 Å². The summed E-state index contributed by atoms with van der Waals surface area (Å²) in [6.07, 6.45) is 0.534. The first-order valence-corrected chi connectivity index (χ1v) is 8.72. The van der Waals surface area contributed by atoms with Crippen molar-refractivity contribution in [2.75, 3.05) is 44.2 Å². The van der Waals surface area contributed by atoms with Gasteiger partial charge in [-0.25, -0.2) is 4.39 Å². The number of nitrogens with zero attached hydrogens (tertiary/aromatic N) is 3. The lowest BCUT2D eigenvalue weighted by atomic mass is 10.1. The number of rotatable bonds is 4. The Morgan fingerprint density at radius 1 is 1.12 bits per heavy atom. The van der Waals surface area contributed by atoms with Crippen molar-refractivity contribution in [2.24, 2.45) is 5.92 Å². The van der Waals surface area contributed by atoms with E-state index in [1.54, 1.807) is 17.0 Å². The molecule has 2 aliphatic rings. The van der Waals surface area contributed by atoms with Gasteiger partial charge in [0.2, 0.25) is 5.91 Å². The molecule has 2 aliphatic heterocycles. The molecule has 25 heavy (non-hydrogen) atoms. The summed E-state index contributed by atoms with van der Waals surface area (Å²) in [6.45, 7) is 5.79. The Morgan fingerprint density at radius 3 is 2.32 bits per heavy atom. The lowest BCUT2D eigenvalue weighted by molar-refractivity contribution is -0.141.